The van der Waals surface area contributed by atoms with Gasteiger partial charge in [0.25, 0.3) is 11.5 Å². The summed E-state index contributed by atoms with van der Waals surface area (Å²) in [7, 11) is 0. The Morgan fingerprint density at radius 2 is 1.88 bits per heavy atom. The fourth-order valence-electron chi connectivity index (χ4n) is 2.98. The van der Waals surface area contributed by atoms with Crippen molar-refractivity contribution in [3.63, 3.8) is 0 Å². The number of nitrogens with zero attached hydrogens (tertiary/aromatic N) is 3. The molecule has 32 heavy (non-hydrogen) atoms. The number of amides is 1. The van der Waals surface area contributed by atoms with Gasteiger partial charge < -0.3 is 10.1 Å². The van der Waals surface area contributed by atoms with Crippen LogP contribution in [0.2, 0.25) is 0 Å². The van der Waals surface area contributed by atoms with E-state index in [0.717, 1.165) is 17.0 Å². The number of hydrogen-bond donors (Lipinski definition) is 1. The van der Waals surface area contributed by atoms with Crippen molar-refractivity contribution >= 4 is 28.2 Å². The Balaban J connectivity index is 1.55. The van der Waals surface area contributed by atoms with Gasteiger partial charge in [0.05, 0.1) is 5.69 Å². The summed E-state index contributed by atoms with van der Waals surface area (Å²) in [6.45, 7) is 10.0. The highest BCUT2D eigenvalue weighted by atomic mass is 32.1. The quantitative estimate of drug-likeness (QED) is 0.548. The molecular formula is C23H28N4O4S. The van der Waals surface area contributed by atoms with Crippen molar-refractivity contribution in [2.45, 2.75) is 53.1 Å². The summed E-state index contributed by atoms with van der Waals surface area (Å²) in [5.41, 5.74) is 1.60. The number of hydrogen-bond acceptors (Lipinski definition) is 7. The number of rotatable bonds is 7. The minimum absolute atomic E-state index is 0.00646. The van der Waals surface area contributed by atoms with Gasteiger partial charge in [-0.2, -0.15) is 9.61 Å². The van der Waals surface area contributed by atoms with Gasteiger partial charge in [0.1, 0.15) is 18.2 Å². The van der Waals surface area contributed by atoms with Crippen LogP contribution in [-0.2, 0) is 28.0 Å². The van der Waals surface area contributed by atoms with Gasteiger partial charge in [0, 0.05) is 18.1 Å². The van der Waals surface area contributed by atoms with Gasteiger partial charge in [-0.3, -0.25) is 14.4 Å². The van der Waals surface area contributed by atoms with Crippen LogP contribution >= 0.6 is 11.3 Å². The van der Waals surface area contributed by atoms with Crippen molar-refractivity contribution in [2.75, 3.05) is 6.54 Å². The molecule has 9 heteroatoms. The molecule has 1 N–H and O–H groups in total. The predicted octanol–water partition coefficient (Wildman–Crippen LogP) is 3.12. The fraction of sp³-hybridized carbons (Fsp3) is 0.435. The standard InChI is InChI=1S/C23H28N4O4S/c1-14(2)10-18-26-27-19(28)11-17(25-22(27)32-18)13-31-20(29)12-24-21(30)15-6-8-16(9-7-15)23(3,4)5/h6-9,11,14H,10,12-13H2,1-5H3,(H,24,30). The van der Waals surface area contributed by atoms with Crippen LogP contribution in [0.4, 0.5) is 0 Å². The van der Waals surface area contributed by atoms with Crippen LogP contribution in [-0.4, -0.2) is 33.0 Å². The van der Waals surface area contributed by atoms with E-state index in [1.54, 1.807) is 12.1 Å². The zero-order valence-corrected chi connectivity index (χ0v) is 19.8. The number of benzene rings is 1. The molecule has 2 heterocycles. The van der Waals surface area contributed by atoms with Gasteiger partial charge in [-0.05, 0) is 29.0 Å². The summed E-state index contributed by atoms with van der Waals surface area (Å²) in [4.78, 5) is 41.4. The minimum atomic E-state index is -0.614. The van der Waals surface area contributed by atoms with Gasteiger partial charge >= 0.3 is 5.97 Å². The van der Waals surface area contributed by atoms with Crippen molar-refractivity contribution in [1.29, 1.82) is 0 Å². The maximum Gasteiger partial charge on any atom is 0.325 e. The summed E-state index contributed by atoms with van der Waals surface area (Å²) < 4.78 is 6.44. The molecule has 0 bridgehead atoms. The Hall–Kier alpha value is -3.07. The number of nitrogens with one attached hydrogen (secondary N) is 1. The molecule has 3 aromatic rings. The second-order valence-electron chi connectivity index (χ2n) is 9.04. The molecule has 0 aliphatic rings. The predicted molar refractivity (Wildman–Crippen MR) is 123 cm³/mol. The summed E-state index contributed by atoms with van der Waals surface area (Å²) in [6, 6.07) is 8.57. The smallest absolute Gasteiger partial charge is 0.325 e. The first-order valence-electron chi connectivity index (χ1n) is 10.5. The lowest BCUT2D eigenvalue weighted by molar-refractivity contribution is -0.143. The van der Waals surface area contributed by atoms with Crippen LogP contribution in [0.1, 0.15) is 61.2 Å². The number of fused-ring (bicyclic) bond motifs is 1. The molecular weight excluding hydrogens is 428 g/mol. The summed E-state index contributed by atoms with van der Waals surface area (Å²) in [5.74, 6) is -0.558. The zero-order valence-electron chi connectivity index (χ0n) is 19.0. The third-order valence-corrected chi connectivity index (χ3v) is 5.64. The number of carbonyl (C=O) groups excluding carboxylic acids is 2. The number of esters is 1. The Kier molecular flexibility index (Phi) is 7.08. The average molecular weight is 457 g/mol. The third-order valence-electron chi connectivity index (χ3n) is 4.71. The van der Waals surface area contributed by atoms with Crippen LogP contribution in [0.3, 0.4) is 0 Å². The van der Waals surface area contributed by atoms with Crippen molar-refractivity contribution < 1.29 is 14.3 Å². The van der Waals surface area contributed by atoms with E-state index in [1.807, 2.05) is 12.1 Å². The van der Waals surface area contributed by atoms with Crippen LogP contribution < -0.4 is 10.9 Å². The number of aromatic nitrogens is 3. The topological polar surface area (TPSA) is 103 Å². The Morgan fingerprint density at radius 3 is 2.50 bits per heavy atom. The molecule has 3 rings (SSSR count). The minimum Gasteiger partial charge on any atom is -0.458 e. The van der Waals surface area contributed by atoms with E-state index in [4.69, 9.17) is 4.74 Å². The van der Waals surface area contributed by atoms with E-state index in [1.165, 1.54) is 21.9 Å². The van der Waals surface area contributed by atoms with Gasteiger partial charge in [-0.1, -0.05) is 58.1 Å². The molecule has 2 aromatic heterocycles. The Bertz CT molecular complexity index is 1170. The molecule has 1 amide bonds. The molecule has 0 spiro atoms. The van der Waals surface area contributed by atoms with E-state index < -0.39 is 5.97 Å². The van der Waals surface area contributed by atoms with Gasteiger partial charge in [0.2, 0.25) is 4.96 Å². The lowest BCUT2D eigenvalue weighted by Gasteiger charge is -2.19. The second kappa shape index (κ2) is 9.60. The van der Waals surface area contributed by atoms with E-state index in [2.05, 4.69) is 50.0 Å². The first kappa shape index (κ1) is 23.6. The Labute approximate surface area is 190 Å². The molecule has 0 fully saturated rings. The largest absolute Gasteiger partial charge is 0.458 e. The maximum atomic E-state index is 12.3. The second-order valence-corrected chi connectivity index (χ2v) is 10.1. The molecule has 0 radical (unpaired) electrons. The molecule has 0 saturated heterocycles. The molecule has 8 nitrogen and oxygen atoms in total. The molecule has 170 valence electrons. The highest BCUT2D eigenvalue weighted by molar-refractivity contribution is 7.16. The van der Waals surface area contributed by atoms with Crippen molar-refractivity contribution in [3.05, 3.63) is 62.5 Å². The monoisotopic (exact) mass is 456 g/mol. The molecule has 0 atom stereocenters. The zero-order chi connectivity index (χ0) is 23.5. The fourth-order valence-corrected chi connectivity index (χ4v) is 4.11. The van der Waals surface area contributed by atoms with Crippen LogP contribution in [0.5, 0.6) is 0 Å². The van der Waals surface area contributed by atoms with Gasteiger partial charge in [0.15, 0.2) is 0 Å². The van der Waals surface area contributed by atoms with Gasteiger partial charge in [-0.15, -0.1) is 0 Å². The molecule has 0 saturated carbocycles. The van der Waals surface area contributed by atoms with Crippen molar-refractivity contribution in [2.24, 2.45) is 5.92 Å². The highest BCUT2D eigenvalue weighted by Gasteiger charge is 2.15. The van der Waals surface area contributed by atoms with Crippen molar-refractivity contribution in [3.8, 4) is 0 Å². The first-order chi connectivity index (χ1) is 15.0. The summed E-state index contributed by atoms with van der Waals surface area (Å²) >= 11 is 1.35. The van der Waals surface area contributed by atoms with Crippen LogP contribution in [0, 0.1) is 5.92 Å². The number of ether oxygens (including phenoxy) is 1. The average Bonchev–Trinajstić information content (AvgIpc) is 3.12. The molecule has 1 aromatic carbocycles. The lowest BCUT2D eigenvalue weighted by Crippen LogP contribution is -2.30. The van der Waals surface area contributed by atoms with E-state index in [0.29, 0.717) is 22.1 Å². The maximum absolute atomic E-state index is 12.3. The summed E-state index contributed by atoms with van der Waals surface area (Å²) in [6.07, 6.45) is 0.760. The van der Waals surface area contributed by atoms with Gasteiger partial charge in [-0.25, -0.2) is 4.98 Å². The normalized spacial score (nSPS) is 11.7. The van der Waals surface area contributed by atoms with E-state index in [9.17, 15) is 14.4 Å². The lowest BCUT2D eigenvalue weighted by atomic mass is 9.87. The van der Waals surface area contributed by atoms with E-state index >= 15 is 0 Å². The van der Waals surface area contributed by atoms with Crippen LogP contribution in [0.15, 0.2) is 35.1 Å². The SMILES string of the molecule is CC(C)Cc1nn2c(=O)cc(COC(=O)CNC(=O)c3ccc(C(C)(C)C)cc3)nc2s1. The third kappa shape index (κ3) is 6.00. The van der Waals surface area contributed by atoms with Crippen molar-refractivity contribution in [1.82, 2.24) is 19.9 Å². The van der Waals surface area contributed by atoms with Crippen LogP contribution in [0.25, 0.3) is 4.96 Å². The summed E-state index contributed by atoms with van der Waals surface area (Å²) in [5, 5.41) is 7.67. The molecule has 0 aliphatic carbocycles. The van der Waals surface area contributed by atoms with E-state index in [-0.39, 0.29) is 30.0 Å². The molecule has 0 unspecified atom stereocenters. The number of carbonyl (C=O) groups is 2. The highest BCUT2D eigenvalue weighted by Crippen LogP contribution is 2.22. The Morgan fingerprint density at radius 1 is 1.19 bits per heavy atom. The first-order valence-corrected chi connectivity index (χ1v) is 11.3. The molecule has 0 aliphatic heterocycles.